The summed E-state index contributed by atoms with van der Waals surface area (Å²) >= 11 is 0. The molecule has 0 saturated carbocycles. The number of hydrogen-bond donors (Lipinski definition) is 0. The fraction of sp³-hybridized carbons (Fsp3) is 0.188. The van der Waals surface area contributed by atoms with Crippen LogP contribution < -0.4 is 4.74 Å². The number of aromatic nitrogens is 3. The first-order valence-electron chi connectivity index (χ1n) is 7.28. The minimum Gasteiger partial charge on any atom is -0.438 e. The van der Waals surface area contributed by atoms with Crippen molar-refractivity contribution in [2.75, 3.05) is 0 Å². The predicted octanol–water partition coefficient (Wildman–Crippen LogP) is 5.27. The molecule has 0 fully saturated rings. The van der Waals surface area contributed by atoms with Gasteiger partial charge in [-0.2, -0.15) is 31.3 Å². The Morgan fingerprint density at radius 2 is 1.67 bits per heavy atom. The van der Waals surface area contributed by atoms with E-state index in [2.05, 4.69) is 19.6 Å². The zero-order chi connectivity index (χ0) is 19.8. The molecule has 0 saturated heterocycles. The highest BCUT2D eigenvalue weighted by Gasteiger charge is 2.38. The third-order valence-corrected chi connectivity index (χ3v) is 3.28. The van der Waals surface area contributed by atoms with Crippen LogP contribution in [0, 0.1) is 6.92 Å². The minimum atomic E-state index is -4.81. The van der Waals surface area contributed by atoms with Crippen LogP contribution in [-0.4, -0.2) is 15.1 Å². The molecule has 0 unspecified atom stereocenters. The molecule has 2 aromatic heterocycles. The van der Waals surface area contributed by atoms with E-state index >= 15 is 0 Å². The molecule has 0 aliphatic heterocycles. The number of nitrogens with zero attached hydrogens (tertiary/aromatic N) is 3. The molecule has 142 valence electrons. The van der Waals surface area contributed by atoms with Crippen molar-refractivity contribution >= 4 is 0 Å². The Morgan fingerprint density at radius 3 is 2.30 bits per heavy atom. The van der Waals surface area contributed by atoms with Crippen molar-refractivity contribution in [1.82, 2.24) is 15.1 Å². The fourth-order valence-electron chi connectivity index (χ4n) is 2.09. The van der Waals surface area contributed by atoms with Crippen LogP contribution in [0.5, 0.6) is 11.6 Å². The van der Waals surface area contributed by atoms with Gasteiger partial charge in [0.15, 0.2) is 0 Å². The van der Waals surface area contributed by atoms with E-state index in [1.54, 1.807) is 0 Å². The molecule has 0 N–H and O–H groups in total. The molecule has 3 aromatic rings. The SMILES string of the molecule is Cc1ccc(C(F)(F)F)c(Oc2cccc(-c3noc(C(F)(F)F)n3)c2)n1. The number of benzene rings is 1. The lowest BCUT2D eigenvalue weighted by atomic mass is 10.2. The number of alkyl halides is 6. The Balaban J connectivity index is 1.94. The van der Waals surface area contributed by atoms with Gasteiger partial charge in [0.1, 0.15) is 11.3 Å². The van der Waals surface area contributed by atoms with Crippen molar-refractivity contribution < 1.29 is 35.6 Å². The van der Waals surface area contributed by atoms with Crippen LogP contribution in [0.15, 0.2) is 40.9 Å². The molecule has 0 bridgehead atoms. The van der Waals surface area contributed by atoms with Crippen molar-refractivity contribution in [3.05, 3.63) is 53.5 Å². The number of hydrogen-bond acceptors (Lipinski definition) is 5. The third-order valence-electron chi connectivity index (χ3n) is 3.28. The summed E-state index contributed by atoms with van der Waals surface area (Å²) in [6, 6.07) is 7.22. The predicted molar refractivity (Wildman–Crippen MR) is 78.8 cm³/mol. The van der Waals surface area contributed by atoms with E-state index in [-0.39, 0.29) is 17.1 Å². The van der Waals surface area contributed by atoms with E-state index in [1.807, 2.05) is 0 Å². The Morgan fingerprint density at radius 1 is 0.926 bits per heavy atom. The second kappa shape index (κ2) is 6.56. The van der Waals surface area contributed by atoms with Crippen LogP contribution in [-0.2, 0) is 12.4 Å². The standard InChI is InChI=1S/C16H9F6N3O2/c1-8-5-6-11(15(17,18)19)13(23-8)26-10-4-2-3-9(7-10)12-24-14(27-25-12)16(20,21)22/h2-7H,1H3. The van der Waals surface area contributed by atoms with E-state index in [1.165, 1.54) is 37.3 Å². The maximum atomic E-state index is 13.1. The van der Waals surface area contributed by atoms with Gasteiger partial charge in [0.2, 0.25) is 11.7 Å². The van der Waals surface area contributed by atoms with Crippen molar-refractivity contribution in [1.29, 1.82) is 0 Å². The number of aryl methyl sites for hydroxylation is 1. The fourth-order valence-corrected chi connectivity index (χ4v) is 2.09. The van der Waals surface area contributed by atoms with Crippen LogP contribution in [0.3, 0.4) is 0 Å². The minimum absolute atomic E-state index is 0.0629. The van der Waals surface area contributed by atoms with Gasteiger partial charge in [-0.05, 0) is 31.2 Å². The summed E-state index contributed by atoms with van der Waals surface area (Å²) < 4.78 is 86.2. The van der Waals surface area contributed by atoms with Gasteiger partial charge in [-0.15, -0.1) is 0 Å². The summed E-state index contributed by atoms with van der Waals surface area (Å²) in [5, 5.41) is 3.21. The quantitative estimate of drug-likeness (QED) is 0.571. The van der Waals surface area contributed by atoms with Gasteiger partial charge >= 0.3 is 18.2 Å². The lowest BCUT2D eigenvalue weighted by molar-refractivity contribution is -0.159. The van der Waals surface area contributed by atoms with Crippen LogP contribution in [0.2, 0.25) is 0 Å². The second-order valence-corrected chi connectivity index (χ2v) is 5.35. The highest BCUT2D eigenvalue weighted by molar-refractivity contribution is 5.57. The van der Waals surface area contributed by atoms with Crippen molar-refractivity contribution in [3.8, 4) is 23.0 Å². The number of halogens is 6. The summed E-state index contributed by atoms with van der Waals surface area (Å²) in [5.74, 6) is -2.69. The average Bonchev–Trinajstić information content (AvgIpc) is 3.04. The molecule has 0 radical (unpaired) electrons. The largest absolute Gasteiger partial charge is 0.471 e. The van der Waals surface area contributed by atoms with E-state index in [0.29, 0.717) is 5.69 Å². The maximum Gasteiger partial charge on any atom is 0.471 e. The molecule has 5 nitrogen and oxygen atoms in total. The number of ether oxygens (including phenoxy) is 1. The first kappa shape index (κ1) is 18.7. The molecular weight excluding hydrogens is 380 g/mol. The zero-order valence-electron chi connectivity index (χ0n) is 13.4. The van der Waals surface area contributed by atoms with Crippen molar-refractivity contribution in [2.24, 2.45) is 0 Å². The smallest absolute Gasteiger partial charge is 0.438 e. The molecule has 0 spiro atoms. The summed E-state index contributed by atoms with van der Waals surface area (Å²) in [4.78, 5) is 6.95. The first-order valence-corrected chi connectivity index (χ1v) is 7.28. The van der Waals surface area contributed by atoms with E-state index in [0.717, 1.165) is 6.07 Å². The summed E-state index contributed by atoms with van der Waals surface area (Å²) in [6.45, 7) is 1.49. The zero-order valence-corrected chi connectivity index (χ0v) is 13.4. The molecule has 1 aromatic carbocycles. The topological polar surface area (TPSA) is 61.0 Å². The molecule has 0 atom stereocenters. The molecular formula is C16H9F6N3O2. The van der Waals surface area contributed by atoms with Crippen LogP contribution >= 0.6 is 0 Å². The molecule has 11 heteroatoms. The lowest BCUT2D eigenvalue weighted by Gasteiger charge is -2.13. The van der Waals surface area contributed by atoms with Crippen LogP contribution in [0.4, 0.5) is 26.3 Å². The Kier molecular flexibility index (Phi) is 4.54. The van der Waals surface area contributed by atoms with Gasteiger partial charge in [0, 0.05) is 11.3 Å². The summed E-state index contributed by atoms with van der Waals surface area (Å²) in [6.07, 6.45) is -9.50. The highest BCUT2D eigenvalue weighted by Crippen LogP contribution is 2.37. The third kappa shape index (κ3) is 4.18. The normalized spacial score (nSPS) is 12.3. The van der Waals surface area contributed by atoms with Crippen molar-refractivity contribution in [3.63, 3.8) is 0 Å². The van der Waals surface area contributed by atoms with Gasteiger partial charge in [-0.3, -0.25) is 0 Å². The van der Waals surface area contributed by atoms with Crippen LogP contribution in [0.1, 0.15) is 17.1 Å². The molecule has 0 amide bonds. The average molecular weight is 389 g/mol. The molecule has 27 heavy (non-hydrogen) atoms. The van der Waals surface area contributed by atoms with E-state index in [9.17, 15) is 26.3 Å². The second-order valence-electron chi connectivity index (χ2n) is 5.35. The highest BCUT2D eigenvalue weighted by atomic mass is 19.4. The number of pyridine rings is 1. The van der Waals surface area contributed by atoms with Gasteiger partial charge in [-0.1, -0.05) is 17.3 Å². The Hall–Kier alpha value is -3.11. The number of rotatable bonds is 3. The monoisotopic (exact) mass is 389 g/mol. The molecule has 0 aliphatic carbocycles. The van der Waals surface area contributed by atoms with Gasteiger partial charge in [0.25, 0.3) is 0 Å². The Labute approximate surface area is 147 Å². The lowest BCUT2D eigenvalue weighted by Crippen LogP contribution is -2.08. The van der Waals surface area contributed by atoms with Gasteiger partial charge in [0.05, 0.1) is 0 Å². The van der Waals surface area contributed by atoms with E-state index < -0.39 is 29.7 Å². The van der Waals surface area contributed by atoms with E-state index in [4.69, 9.17) is 4.74 Å². The van der Waals surface area contributed by atoms with Gasteiger partial charge in [-0.25, -0.2) is 4.98 Å². The molecule has 3 rings (SSSR count). The van der Waals surface area contributed by atoms with Crippen LogP contribution in [0.25, 0.3) is 11.4 Å². The maximum absolute atomic E-state index is 13.1. The van der Waals surface area contributed by atoms with Crippen molar-refractivity contribution in [2.45, 2.75) is 19.3 Å². The Bertz CT molecular complexity index is 965. The first-order chi connectivity index (χ1) is 12.5. The molecule has 0 aliphatic rings. The summed E-state index contributed by atoms with van der Waals surface area (Å²) in [7, 11) is 0. The summed E-state index contributed by atoms with van der Waals surface area (Å²) in [5.41, 5.74) is -0.729. The van der Waals surface area contributed by atoms with Gasteiger partial charge < -0.3 is 9.26 Å². The molecule has 2 heterocycles.